The second-order valence-corrected chi connectivity index (χ2v) is 9.25. The summed E-state index contributed by atoms with van der Waals surface area (Å²) in [5.41, 5.74) is 0.698. The van der Waals surface area contributed by atoms with E-state index in [9.17, 15) is 19.2 Å². The molecule has 10 heteroatoms. The van der Waals surface area contributed by atoms with Gasteiger partial charge in [0.15, 0.2) is 0 Å². The van der Waals surface area contributed by atoms with Crippen LogP contribution in [0.25, 0.3) is 0 Å². The third-order valence-corrected chi connectivity index (χ3v) is 5.61. The van der Waals surface area contributed by atoms with Crippen LogP contribution in [0.5, 0.6) is 0 Å². The van der Waals surface area contributed by atoms with Crippen LogP contribution in [0.2, 0.25) is 0 Å². The van der Waals surface area contributed by atoms with E-state index in [4.69, 9.17) is 9.47 Å². The number of nitrogens with one attached hydrogen (secondary N) is 2. The molecule has 10 nitrogen and oxygen atoms in total. The van der Waals surface area contributed by atoms with Crippen molar-refractivity contribution in [1.29, 1.82) is 0 Å². The highest BCUT2D eigenvalue weighted by atomic mass is 16.6. The normalized spacial score (nSPS) is 12.0. The van der Waals surface area contributed by atoms with Gasteiger partial charge in [-0.05, 0) is 83.9 Å². The summed E-state index contributed by atoms with van der Waals surface area (Å²) >= 11 is 0. The molecule has 2 aromatic carbocycles. The molecule has 190 valence electrons. The lowest BCUT2D eigenvalue weighted by atomic mass is 10.0. The Morgan fingerprint density at radius 1 is 0.861 bits per heavy atom. The number of benzene rings is 2. The summed E-state index contributed by atoms with van der Waals surface area (Å²) in [4.78, 5) is 53.9. The summed E-state index contributed by atoms with van der Waals surface area (Å²) in [6.07, 6.45) is 1.53. The molecule has 0 heterocycles. The number of anilines is 2. The van der Waals surface area contributed by atoms with E-state index in [1.54, 1.807) is 78.8 Å². The van der Waals surface area contributed by atoms with Gasteiger partial charge in [-0.2, -0.15) is 9.98 Å². The van der Waals surface area contributed by atoms with Crippen molar-refractivity contribution in [2.24, 2.45) is 9.98 Å². The number of isocyanates is 2. The molecule has 2 rings (SSSR count). The van der Waals surface area contributed by atoms with E-state index in [-0.39, 0.29) is 0 Å². The van der Waals surface area contributed by atoms with Crippen molar-refractivity contribution in [3.8, 4) is 0 Å². The Morgan fingerprint density at radius 2 is 1.33 bits per heavy atom. The van der Waals surface area contributed by atoms with Gasteiger partial charge in [-0.25, -0.2) is 14.4 Å². The van der Waals surface area contributed by atoms with Gasteiger partial charge in [-0.1, -0.05) is 12.1 Å². The molecule has 0 aromatic heterocycles. The fourth-order valence-electron chi connectivity index (χ4n) is 3.10. The SMILES string of the molecule is Cc1ccc(NC(=O)OC(C)(C)C(C)OC(C)(C)C(=O)Nc2ccc(C)c(N=C=O)c2)cc1N=C=O. The summed E-state index contributed by atoms with van der Waals surface area (Å²) in [6, 6.07) is 9.85. The van der Waals surface area contributed by atoms with E-state index in [0.717, 1.165) is 11.1 Å². The van der Waals surface area contributed by atoms with E-state index < -0.39 is 29.3 Å². The molecule has 0 aliphatic carbocycles. The molecule has 0 aliphatic heterocycles. The van der Waals surface area contributed by atoms with Crippen LogP contribution in [-0.4, -0.2) is 41.5 Å². The molecule has 1 unspecified atom stereocenters. The standard InChI is InChI=1S/C26H30N4O6/c1-16-8-10-19(12-21(16)27-14-31)29-23(33)26(6,7)35-18(3)25(4,5)36-24(34)30-20-11-9-17(2)22(13-20)28-15-32/h8-13,18H,1-7H3,(H,29,33)(H,30,34). The number of rotatable bonds is 9. The van der Waals surface area contributed by atoms with Crippen molar-refractivity contribution in [3.63, 3.8) is 0 Å². The van der Waals surface area contributed by atoms with Crippen LogP contribution in [-0.2, 0) is 23.9 Å². The van der Waals surface area contributed by atoms with Crippen molar-refractivity contribution in [1.82, 2.24) is 0 Å². The molecule has 0 bridgehead atoms. The highest BCUT2D eigenvalue weighted by Gasteiger charge is 2.38. The van der Waals surface area contributed by atoms with Crippen LogP contribution >= 0.6 is 0 Å². The number of carbonyl (C=O) groups excluding carboxylic acids is 4. The monoisotopic (exact) mass is 494 g/mol. The van der Waals surface area contributed by atoms with Gasteiger partial charge in [0, 0.05) is 11.4 Å². The minimum atomic E-state index is -1.30. The van der Waals surface area contributed by atoms with Crippen molar-refractivity contribution < 1.29 is 28.7 Å². The van der Waals surface area contributed by atoms with E-state index in [0.29, 0.717) is 22.7 Å². The minimum Gasteiger partial charge on any atom is -0.441 e. The summed E-state index contributed by atoms with van der Waals surface area (Å²) in [7, 11) is 0. The van der Waals surface area contributed by atoms with E-state index in [2.05, 4.69) is 20.6 Å². The molecule has 0 saturated carbocycles. The number of aliphatic imine (C=N–C) groups is 2. The molecule has 0 saturated heterocycles. The fourth-order valence-corrected chi connectivity index (χ4v) is 3.10. The Morgan fingerprint density at radius 3 is 1.81 bits per heavy atom. The van der Waals surface area contributed by atoms with Crippen LogP contribution in [0, 0.1) is 13.8 Å². The number of hydrogen-bond donors (Lipinski definition) is 2. The molecule has 2 amide bonds. The van der Waals surface area contributed by atoms with Crippen molar-refractivity contribution in [3.05, 3.63) is 47.5 Å². The lowest BCUT2D eigenvalue weighted by Gasteiger charge is -2.36. The molecule has 2 N–H and O–H groups in total. The minimum absolute atomic E-state index is 0.380. The Bertz CT molecular complexity index is 1240. The number of hydrogen-bond acceptors (Lipinski definition) is 8. The summed E-state index contributed by atoms with van der Waals surface area (Å²) < 4.78 is 11.6. The van der Waals surface area contributed by atoms with Gasteiger partial charge in [0.2, 0.25) is 12.2 Å². The predicted molar refractivity (Wildman–Crippen MR) is 135 cm³/mol. The maximum atomic E-state index is 12.9. The largest absolute Gasteiger partial charge is 0.441 e. The number of ether oxygens (including phenoxy) is 2. The van der Waals surface area contributed by atoms with Gasteiger partial charge >= 0.3 is 6.09 Å². The smallest absolute Gasteiger partial charge is 0.412 e. The topological polar surface area (TPSA) is 136 Å². The molecule has 1 atom stereocenters. The summed E-state index contributed by atoms with van der Waals surface area (Å²) in [5, 5.41) is 5.34. The molecular weight excluding hydrogens is 464 g/mol. The second kappa shape index (κ2) is 11.6. The maximum absolute atomic E-state index is 12.9. The van der Waals surface area contributed by atoms with Gasteiger partial charge in [0.05, 0.1) is 17.5 Å². The van der Waals surface area contributed by atoms with Crippen LogP contribution in [0.1, 0.15) is 45.7 Å². The number of amides is 2. The first-order chi connectivity index (χ1) is 16.8. The van der Waals surface area contributed by atoms with Gasteiger partial charge in [0.25, 0.3) is 5.91 Å². The molecule has 0 aliphatic rings. The van der Waals surface area contributed by atoms with E-state index in [1.165, 1.54) is 18.2 Å². The molecule has 0 spiro atoms. The highest BCUT2D eigenvalue weighted by Crippen LogP contribution is 2.28. The first-order valence-corrected chi connectivity index (χ1v) is 11.2. The first kappa shape index (κ1) is 28.1. The third kappa shape index (κ3) is 7.45. The zero-order valence-corrected chi connectivity index (χ0v) is 21.4. The number of aryl methyl sites for hydroxylation is 2. The van der Waals surface area contributed by atoms with Crippen LogP contribution in [0.15, 0.2) is 46.4 Å². The maximum Gasteiger partial charge on any atom is 0.412 e. The Hall–Kier alpha value is -4.10. The quantitative estimate of drug-likeness (QED) is 0.354. The number of nitrogens with zero attached hydrogens (tertiary/aromatic N) is 2. The van der Waals surface area contributed by atoms with E-state index >= 15 is 0 Å². The fraction of sp³-hybridized carbons (Fsp3) is 0.385. The molecular formula is C26H30N4O6. The lowest BCUT2D eigenvalue weighted by Crippen LogP contribution is -2.49. The van der Waals surface area contributed by atoms with Gasteiger partial charge in [0.1, 0.15) is 11.2 Å². The average molecular weight is 495 g/mol. The van der Waals surface area contributed by atoms with Gasteiger partial charge in [-0.15, -0.1) is 0 Å². The first-order valence-electron chi connectivity index (χ1n) is 11.2. The van der Waals surface area contributed by atoms with Crippen molar-refractivity contribution in [2.45, 2.75) is 65.8 Å². The van der Waals surface area contributed by atoms with Gasteiger partial charge < -0.3 is 14.8 Å². The molecule has 2 aromatic rings. The van der Waals surface area contributed by atoms with Crippen LogP contribution < -0.4 is 10.6 Å². The third-order valence-electron chi connectivity index (χ3n) is 5.61. The highest BCUT2D eigenvalue weighted by molar-refractivity contribution is 5.97. The summed E-state index contributed by atoms with van der Waals surface area (Å²) in [6.45, 7) is 11.7. The predicted octanol–water partition coefficient (Wildman–Crippen LogP) is 5.39. The zero-order valence-electron chi connectivity index (χ0n) is 21.4. The Kier molecular flexibility index (Phi) is 9.03. The van der Waals surface area contributed by atoms with E-state index in [1.807, 2.05) is 0 Å². The number of carbonyl (C=O) groups is 2. The average Bonchev–Trinajstić information content (AvgIpc) is 2.78. The summed E-state index contributed by atoms with van der Waals surface area (Å²) in [5.74, 6) is -0.442. The van der Waals surface area contributed by atoms with Crippen molar-refractivity contribution in [2.75, 3.05) is 10.6 Å². The molecule has 0 radical (unpaired) electrons. The van der Waals surface area contributed by atoms with Gasteiger partial charge in [-0.3, -0.25) is 10.1 Å². The van der Waals surface area contributed by atoms with Crippen molar-refractivity contribution >= 4 is 46.9 Å². The van der Waals surface area contributed by atoms with Crippen LogP contribution in [0.4, 0.5) is 27.5 Å². The lowest BCUT2D eigenvalue weighted by molar-refractivity contribution is -0.162. The Labute approximate surface area is 209 Å². The van der Waals surface area contributed by atoms with Crippen LogP contribution in [0.3, 0.4) is 0 Å². The molecule has 0 fully saturated rings. The zero-order chi connectivity index (χ0) is 27.1. The second-order valence-electron chi connectivity index (χ2n) is 9.25. The Balaban J connectivity index is 2.05. The molecule has 36 heavy (non-hydrogen) atoms.